The van der Waals surface area contributed by atoms with Crippen molar-refractivity contribution in [1.29, 1.82) is 0 Å². The van der Waals surface area contributed by atoms with Gasteiger partial charge >= 0.3 is 0 Å². The number of alkyl halides is 1. The molecule has 0 radical (unpaired) electrons. The summed E-state index contributed by atoms with van der Waals surface area (Å²) in [6.45, 7) is 4.77. The van der Waals surface area contributed by atoms with Crippen LogP contribution in [0.15, 0.2) is 0 Å². The summed E-state index contributed by atoms with van der Waals surface area (Å²) in [5.74, 6) is 1.96. The summed E-state index contributed by atoms with van der Waals surface area (Å²) in [5.41, 5.74) is 0. The molecule has 0 bridgehead atoms. The lowest BCUT2D eigenvalue weighted by molar-refractivity contribution is 0.289. The van der Waals surface area contributed by atoms with E-state index in [0.717, 1.165) is 15.8 Å². The molecule has 1 fully saturated rings. The Bertz CT molecular complexity index is 90.6. The number of hydrogen-bond donors (Lipinski definition) is 0. The smallest absolute Gasteiger partial charge is 0.0112 e. The average Bonchev–Trinajstić information content (AvgIpc) is 1.80. The Labute approximate surface area is 71.5 Å². The Hall–Kier alpha value is 0.730. The third-order valence-electron chi connectivity index (χ3n) is 2.53. The monoisotopic (exact) mass is 238 g/mol. The van der Waals surface area contributed by atoms with Crippen LogP contribution >= 0.6 is 22.6 Å². The largest absolute Gasteiger partial charge is 0.0826 e. The van der Waals surface area contributed by atoms with Gasteiger partial charge in [-0.3, -0.25) is 0 Å². The van der Waals surface area contributed by atoms with E-state index >= 15 is 0 Å². The van der Waals surface area contributed by atoms with Gasteiger partial charge in [0.15, 0.2) is 0 Å². The SMILES string of the molecule is CC1CC(I)CC[C@H]1C. The Balaban J connectivity index is 2.35. The molecule has 0 aromatic heterocycles. The van der Waals surface area contributed by atoms with Gasteiger partial charge in [0.25, 0.3) is 0 Å². The van der Waals surface area contributed by atoms with Gasteiger partial charge in [0.2, 0.25) is 0 Å². The van der Waals surface area contributed by atoms with E-state index in [1.54, 1.807) is 0 Å². The summed E-state index contributed by atoms with van der Waals surface area (Å²) in [6.07, 6.45) is 4.35. The molecular weight excluding hydrogens is 223 g/mol. The van der Waals surface area contributed by atoms with E-state index in [2.05, 4.69) is 36.4 Å². The molecule has 1 rings (SSSR count). The van der Waals surface area contributed by atoms with E-state index in [1.807, 2.05) is 0 Å². The quantitative estimate of drug-likeness (QED) is 0.449. The van der Waals surface area contributed by atoms with Gasteiger partial charge in [-0.25, -0.2) is 0 Å². The van der Waals surface area contributed by atoms with Crippen LogP contribution in [0.2, 0.25) is 0 Å². The summed E-state index contributed by atoms with van der Waals surface area (Å²) in [4.78, 5) is 0. The molecule has 9 heavy (non-hydrogen) atoms. The summed E-state index contributed by atoms with van der Waals surface area (Å²) in [5, 5.41) is 0. The minimum Gasteiger partial charge on any atom is -0.0826 e. The molecule has 0 nitrogen and oxygen atoms in total. The van der Waals surface area contributed by atoms with Gasteiger partial charge in [0.1, 0.15) is 0 Å². The van der Waals surface area contributed by atoms with Gasteiger partial charge in [-0.05, 0) is 31.1 Å². The van der Waals surface area contributed by atoms with Crippen molar-refractivity contribution in [2.75, 3.05) is 0 Å². The predicted molar refractivity (Wildman–Crippen MR) is 50.0 cm³/mol. The fourth-order valence-electron chi connectivity index (χ4n) is 1.48. The van der Waals surface area contributed by atoms with Crippen LogP contribution in [0, 0.1) is 11.8 Å². The zero-order valence-electron chi connectivity index (χ0n) is 6.23. The fraction of sp³-hybridized carbons (Fsp3) is 1.00. The second-order valence-corrected chi connectivity index (χ2v) is 5.13. The fourth-order valence-corrected chi connectivity index (χ4v) is 2.64. The molecule has 0 saturated heterocycles. The van der Waals surface area contributed by atoms with Crippen LogP contribution in [0.5, 0.6) is 0 Å². The molecule has 1 aliphatic carbocycles. The molecule has 2 unspecified atom stereocenters. The molecule has 1 saturated carbocycles. The van der Waals surface area contributed by atoms with E-state index in [4.69, 9.17) is 0 Å². The molecule has 0 aromatic carbocycles. The maximum atomic E-state index is 2.58. The standard InChI is InChI=1S/C8H15I/c1-6-3-4-8(9)5-7(6)2/h6-8H,3-5H2,1-2H3/t6-,7?,8?/m1/s1. The molecule has 0 aromatic rings. The van der Waals surface area contributed by atoms with E-state index in [1.165, 1.54) is 19.3 Å². The number of halogens is 1. The van der Waals surface area contributed by atoms with Crippen LogP contribution in [-0.2, 0) is 0 Å². The van der Waals surface area contributed by atoms with E-state index < -0.39 is 0 Å². The van der Waals surface area contributed by atoms with Crippen molar-refractivity contribution in [2.45, 2.75) is 37.0 Å². The Morgan fingerprint density at radius 1 is 1.11 bits per heavy atom. The van der Waals surface area contributed by atoms with Gasteiger partial charge in [0, 0.05) is 3.92 Å². The maximum Gasteiger partial charge on any atom is 0.0112 e. The molecule has 1 heteroatoms. The van der Waals surface area contributed by atoms with Crippen LogP contribution in [0.25, 0.3) is 0 Å². The minimum absolute atomic E-state index is 0.966. The third-order valence-corrected chi connectivity index (χ3v) is 3.67. The molecule has 1 aliphatic rings. The zero-order chi connectivity index (χ0) is 6.85. The lowest BCUT2D eigenvalue weighted by Crippen LogP contribution is -2.20. The third kappa shape index (κ3) is 2.10. The van der Waals surface area contributed by atoms with Crippen molar-refractivity contribution in [1.82, 2.24) is 0 Å². The molecule has 0 amide bonds. The second-order valence-electron chi connectivity index (χ2n) is 3.36. The van der Waals surface area contributed by atoms with Crippen LogP contribution < -0.4 is 0 Å². The Morgan fingerprint density at radius 3 is 2.22 bits per heavy atom. The highest BCUT2D eigenvalue weighted by atomic mass is 127. The van der Waals surface area contributed by atoms with E-state index in [-0.39, 0.29) is 0 Å². The summed E-state index contributed by atoms with van der Waals surface area (Å²) in [6, 6.07) is 0. The maximum absolute atomic E-state index is 2.58. The topological polar surface area (TPSA) is 0 Å². The minimum atomic E-state index is 0.966. The van der Waals surface area contributed by atoms with E-state index in [9.17, 15) is 0 Å². The van der Waals surface area contributed by atoms with Crippen molar-refractivity contribution in [3.05, 3.63) is 0 Å². The van der Waals surface area contributed by atoms with Crippen molar-refractivity contribution in [3.63, 3.8) is 0 Å². The van der Waals surface area contributed by atoms with Crippen molar-refractivity contribution < 1.29 is 0 Å². The van der Waals surface area contributed by atoms with Crippen molar-refractivity contribution in [3.8, 4) is 0 Å². The van der Waals surface area contributed by atoms with Gasteiger partial charge in [0.05, 0.1) is 0 Å². The highest BCUT2D eigenvalue weighted by Gasteiger charge is 2.21. The second kappa shape index (κ2) is 3.22. The molecule has 0 spiro atoms. The first kappa shape index (κ1) is 7.83. The Morgan fingerprint density at radius 2 is 1.78 bits per heavy atom. The normalized spacial score (nSPS) is 45.0. The summed E-state index contributed by atoms with van der Waals surface area (Å²) >= 11 is 2.58. The van der Waals surface area contributed by atoms with Gasteiger partial charge < -0.3 is 0 Å². The van der Waals surface area contributed by atoms with Gasteiger partial charge in [-0.15, -0.1) is 0 Å². The number of hydrogen-bond acceptors (Lipinski definition) is 0. The summed E-state index contributed by atoms with van der Waals surface area (Å²) < 4.78 is 0.966. The lowest BCUT2D eigenvalue weighted by atomic mass is 9.82. The lowest BCUT2D eigenvalue weighted by Gasteiger charge is -2.28. The van der Waals surface area contributed by atoms with Gasteiger partial charge in [-0.1, -0.05) is 36.4 Å². The number of rotatable bonds is 0. The molecular formula is C8H15I. The highest BCUT2D eigenvalue weighted by molar-refractivity contribution is 14.1. The first-order chi connectivity index (χ1) is 4.20. The van der Waals surface area contributed by atoms with E-state index in [0.29, 0.717) is 0 Å². The molecule has 54 valence electrons. The zero-order valence-corrected chi connectivity index (χ0v) is 8.39. The molecule has 0 aliphatic heterocycles. The van der Waals surface area contributed by atoms with Crippen molar-refractivity contribution >= 4 is 22.6 Å². The molecule has 0 heterocycles. The van der Waals surface area contributed by atoms with Crippen LogP contribution in [0.3, 0.4) is 0 Å². The van der Waals surface area contributed by atoms with Crippen LogP contribution in [-0.4, -0.2) is 3.92 Å². The summed E-state index contributed by atoms with van der Waals surface area (Å²) in [7, 11) is 0. The van der Waals surface area contributed by atoms with Crippen LogP contribution in [0.1, 0.15) is 33.1 Å². The Kier molecular flexibility index (Phi) is 2.80. The molecule has 0 N–H and O–H groups in total. The van der Waals surface area contributed by atoms with Crippen LogP contribution in [0.4, 0.5) is 0 Å². The first-order valence-corrected chi connectivity index (χ1v) is 5.08. The van der Waals surface area contributed by atoms with Gasteiger partial charge in [-0.2, -0.15) is 0 Å². The predicted octanol–water partition coefficient (Wildman–Crippen LogP) is 3.25. The molecule has 3 atom stereocenters. The first-order valence-electron chi connectivity index (χ1n) is 3.84. The average molecular weight is 238 g/mol. The highest BCUT2D eigenvalue weighted by Crippen LogP contribution is 2.32. The van der Waals surface area contributed by atoms with Crippen molar-refractivity contribution in [2.24, 2.45) is 11.8 Å².